The second-order valence-electron chi connectivity index (χ2n) is 3.73. The summed E-state index contributed by atoms with van der Waals surface area (Å²) in [6.07, 6.45) is 1.24. The monoisotopic (exact) mass is 274 g/mol. The molecule has 78 valence electrons. The summed E-state index contributed by atoms with van der Waals surface area (Å²) in [7, 11) is 0. The molecule has 0 bridgehead atoms. The van der Waals surface area contributed by atoms with Crippen LogP contribution in [0.1, 0.15) is 13.3 Å². The summed E-state index contributed by atoms with van der Waals surface area (Å²) in [5, 5.41) is 4.88. The number of rotatable bonds is 1. The van der Waals surface area contributed by atoms with E-state index >= 15 is 0 Å². The molecule has 1 aliphatic heterocycles. The van der Waals surface area contributed by atoms with E-state index in [1.54, 1.807) is 0 Å². The van der Waals surface area contributed by atoms with Crippen LogP contribution >= 0.6 is 27.3 Å². The molecule has 2 rings (SSSR count). The molecule has 4 heteroatoms. The average Bonchev–Trinajstić information content (AvgIpc) is 2.45. The topological polar surface area (TPSA) is 15.3 Å². The molecule has 1 atom stereocenters. The Morgan fingerprint density at radius 1 is 1.57 bits per heavy atom. The zero-order chi connectivity index (χ0) is 9.97. The van der Waals surface area contributed by atoms with E-state index in [4.69, 9.17) is 0 Å². The Balaban J connectivity index is 2.08. The molecule has 2 nitrogen and oxygen atoms in total. The maximum Gasteiger partial charge on any atom is 0.0920 e. The first-order chi connectivity index (χ1) is 6.75. The van der Waals surface area contributed by atoms with Crippen LogP contribution in [0.3, 0.4) is 0 Å². The molecular weight excluding hydrogens is 260 g/mol. The second kappa shape index (κ2) is 4.64. The van der Waals surface area contributed by atoms with Gasteiger partial charge in [-0.15, -0.1) is 11.3 Å². The van der Waals surface area contributed by atoms with Crippen molar-refractivity contribution in [1.29, 1.82) is 0 Å². The molecule has 0 amide bonds. The highest BCUT2D eigenvalue weighted by molar-refractivity contribution is 9.11. The second-order valence-corrected chi connectivity index (χ2v) is 6.17. The van der Waals surface area contributed by atoms with E-state index in [0.717, 1.165) is 13.1 Å². The van der Waals surface area contributed by atoms with E-state index in [-0.39, 0.29) is 0 Å². The number of nitrogens with one attached hydrogen (secondary N) is 1. The lowest BCUT2D eigenvalue weighted by molar-refractivity contribution is 0.585. The van der Waals surface area contributed by atoms with Gasteiger partial charge in [0, 0.05) is 19.1 Å². The molecule has 14 heavy (non-hydrogen) atoms. The summed E-state index contributed by atoms with van der Waals surface area (Å²) in [5.41, 5.74) is 0. The predicted molar refractivity (Wildman–Crippen MR) is 66.3 cm³/mol. The molecule has 1 aliphatic rings. The molecule has 1 N–H and O–H groups in total. The summed E-state index contributed by atoms with van der Waals surface area (Å²) >= 11 is 5.33. The average molecular weight is 275 g/mol. The highest BCUT2D eigenvalue weighted by Gasteiger charge is 2.15. The maximum absolute atomic E-state index is 3.51. The van der Waals surface area contributed by atoms with Gasteiger partial charge in [-0.2, -0.15) is 0 Å². The van der Waals surface area contributed by atoms with Crippen LogP contribution in [0.15, 0.2) is 15.9 Å². The number of halogens is 1. The van der Waals surface area contributed by atoms with Gasteiger partial charge in [-0.25, -0.2) is 0 Å². The summed E-state index contributed by atoms with van der Waals surface area (Å²) in [4.78, 5) is 2.47. The van der Waals surface area contributed by atoms with Crippen LogP contribution in [0.5, 0.6) is 0 Å². The lowest BCUT2D eigenvalue weighted by Gasteiger charge is -2.22. The van der Waals surface area contributed by atoms with Crippen molar-refractivity contribution in [2.45, 2.75) is 19.4 Å². The summed E-state index contributed by atoms with van der Waals surface area (Å²) in [6, 6.07) is 4.92. The minimum Gasteiger partial charge on any atom is -0.362 e. The zero-order valence-corrected chi connectivity index (χ0v) is 10.7. The van der Waals surface area contributed by atoms with Crippen molar-refractivity contribution in [3.63, 3.8) is 0 Å². The first-order valence-corrected chi connectivity index (χ1v) is 6.60. The normalized spacial score (nSPS) is 23.6. The molecule has 0 aliphatic carbocycles. The quantitative estimate of drug-likeness (QED) is 0.847. The first kappa shape index (κ1) is 10.5. The van der Waals surface area contributed by atoms with Crippen molar-refractivity contribution in [2.75, 3.05) is 24.5 Å². The summed E-state index contributed by atoms with van der Waals surface area (Å²) < 4.78 is 1.22. The highest BCUT2D eigenvalue weighted by atomic mass is 79.9. The van der Waals surface area contributed by atoms with Crippen molar-refractivity contribution in [3.05, 3.63) is 15.9 Å². The molecule has 1 fully saturated rings. The van der Waals surface area contributed by atoms with Crippen molar-refractivity contribution in [1.82, 2.24) is 5.32 Å². The summed E-state index contributed by atoms with van der Waals surface area (Å²) in [6.45, 7) is 5.68. The van der Waals surface area contributed by atoms with Gasteiger partial charge >= 0.3 is 0 Å². The van der Waals surface area contributed by atoms with E-state index in [1.165, 1.54) is 21.8 Å². The van der Waals surface area contributed by atoms with Crippen LogP contribution in [0.4, 0.5) is 5.00 Å². The predicted octanol–water partition coefficient (Wildman–Crippen LogP) is 2.70. The minimum absolute atomic E-state index is 0.596. The Morgan fingerprint density at radius 3 is 3.14 bits per heavy atom. The molecule has 1 unspecified atom stereocenters. The Hall–Kier alpha value is -0.0600. The van der Waals surface area contributed by atoms with Crippen LogP contribution in [0.25, 0.3) is 0 Å². The zero-order valence-electron chi connectivity index (χ0n) is 8.29. The largest absolute Gasteiger partial charge is 0.362 e. The molecular formula is C10H15BrN2S. The molecule has 0 saturated carbocycles. The molecule has 1 aromatic heterocycles. The van der Waals surface area contributed by atoms with Crippen LogP contribution in [-0.2, 0) is 0 Å². The maximum atomic E-state index is 3.51. The standard InChI is InChI=1S/C10H15BrN2S/c1-8-7-13(6-2-5-12-8)10-4-3-9(11)14-10/h3-4,8,12H,2,5-7H2,1H3. The third kappa shape index (κ3) is 2.49. The van der Waals surface area contributed by atoms with E-state index < -0.39 is 0 Å². The highest BCUT2D eigenvalue weighted by Crippen LogP contribution is 2.30. The fourth-order valence-electron chi connectivity index (χ4n) is 1.78. The van der Waals surface area contributed by atoms with Crippen molar-refractivity contribution < 1.29 is 0 Å². The molecule has 0 spiro atoms. The van der Waals surface area contributed by atoms with Gasteiger partial charge in [0.25, 0.3) is 0 Å². The van der Waals surface area contributed by atoms with Gasteiger partial charge < -0.3 is 10.2 Å². The fraction of sp³-hybridized carbons (Fsp3) is 0.600. The van der Waals surface area contributed by atoms with Crippen LogP contribution in [-0.4, -0.2) is 25.7 Å². The van der Waals surface area contributed by atoms with Gasteiger partial charge in [0.1, 0.15) is 0 Å². The number of nitrogens with zero attached hydrogens (tertiary/aromatic N) is 1. The number of anilines is 1. The van der Waals surface area contributed by atoms with Crippen molar-refractivity contribution in [3.8, 4) is 0 Å². The van der Waals surface area contributed by atoms with Crippen molar-refractivity contribution >= 4 is 32.3 Å². The summed E-state index contributed by atoms with van der Waals surface area (Å²) in [5.74, 6) is 0. The Morgan fingerprint density at radius 2 is 2.43 bits per heavy atom. The molecule has 1 aromatic rings. The van der Waals surface area contributed by atoms with E-state index in [0.29, 0.717) is 6.04 Å². The van der Waals surface area contributed by atoms with Gasteiger partial charge in [0.15, 0.2) is 0 Å². The smallest absolute Gasteiger partial charge is 0.0920 e. The molecule has 0 aromatic carbocycles. The minimum atomic E-state index is 0.596. The molecule has 0 radical (unpaired) electrons. The van der Waals surface area contributed by atoms with E-state index in [1.807, 2.05) is 11.3 Å². The Labute approximate surface area is 97.4 Å². The van der Waals surface area contributed by atoms with E-state index in [9.17, 15) is 0 Å². The number of hydrogen-bond acceptors (Lipinski definition) is 3. The van der Waals surface area contributed by atoms with E-state index in [2.05, 4.69) is 45.2 Å². The third-order valence-corrected chi connectivity index (χ3v) is 4.15. The lowest BCUT2D eigenvalue weighted by Crippen LogP contribution is -2.34. The van der Waals surface area contributed by atoms with Gasteiger partial charge in [0.05, 0.1) is 8.79 Å². The number of hydrogen-bond donors (Lipinski definition) is 1. The van der Waals surface area contributed by atoms with Gasteiger partial charge in [-0.1, -0.05) is 0 Å². The van der Waals surface area contributed by atoms with Gasteiger partial charge in [0.2, 0.25) is 0 Å². The van der Waals surface area contributed by atoms with Crippen LogP contribution in [0, 0.1) is 0 Å². The lowest BCUT2D eigenvalue weighted by atomic mass is 10.3. The van der Waals surface area contributed by atoms with Gasteiger partial charge in [-0.05, 0) is 48.0 Å². The van der Waals surface area contributed by atoms with Crippen LogP contribution in [0.2, 0.25) is 0 Å². The van der Waals surface area contributed by atoms with Gasteiger partial charge in [-0.3, -0.25) is 0 Å². The van der Waals surface area contributed by atoms with Crippen molar-refractivity contribution in [2.24, 2.45) is 0 Å². The first-order valence-electron chi connectivity index (χ1n) is 4.99. The fourth-order valence-corrected chi connectivity index (χ4v) is 3.18. The Bertz CT molecular complexity index is 300. The SMILES string of the molecule is CC1CN(c2ccc(Br)s2)CCCN1. The number of thiophene rings is 1. The molecule has 1 saturated heterocycles. The molecule has 2 heterocycles. The van der Waals surface area contributed by atoms with Crippen LogP contribution < -0.4 is 10.2 Å². The third-order valence-electron chi connectivity index (χ3n) is 2.46. The Kier molecular flexibility index (Phi) is 3.47.